The van der Waals surface area contributed by atoms with Gasteiger partial charge in [0.25, 0.3) is 0 Å². The number of ether oxygens (including phenoxy) is 1. The first-order valence-corrected chi connectivity index (χ1v) is 19.5. The zero-order valence-electron chi connectivity index (χ0n) is 26.0. The van der Waals surface area contributed by atoms with Crippen LogP contribution in [-0.2, 0) is 15.7 Å². The van der Waals surface area contributed by atoms with Gasteiger partial charge in [-0.05, 0) is 0 Å². The van der Waals surface area contributed by atoms with Crippen LogP contribution in [0.1, 0.15) is 47.1 Å². The summed E-state index contributed by atoms with van der Waals surface area (Å²) >= 11 is 4.57. The van der Waals surface area contributed by atoms with E-state index in [2.05, 4.69) is 131 Å². The second-order valence-corrected chi connectivity index (χ2v) is 22.4. The van der Waals surface area contributed by atoms with Gasteiger partial charge in [-0.25, -0.2) is 0 Å². The summed E-state index contributed by atoms with van der Waals surface area (Å²) in [6.45, 7) is 11.4. The molecular formula is C36H44BrN2O3P. The van der Waals surface area contributed by atoms with E-state index in [0.717, 1.165) is 6.16 Å². The summed E-state index contributed by atoms with van der Waals surface area (Å²) in [6, 6.07) is 35.5. The number of fused-ring (bicyclic) bond motifs is 1. The number of amides is 2. The van der Waals surface area contributed by atoms with Crippen LogP contribution in [0.5, 0.6) is 0 Å². The van der Waals surface area contributed by atoms with Crippen LogP contribution >= 0.6 is 20.8 Å². The first kappa shape index (κ1) is 32.7. The van der Waals surface area contributed by atoms with Crippen LogP contribution in [0.25, 0.3) is 10.8 Å². The summed E-state index contributed by atoms with van der Waals surface area (Å²) in [4.78, 5) is 26.0. The Balaban J connectivity index is 1.78. The average Bonchev–Trinajstić information content (AvgIpc) is 2.96. The Bertz CT molecular complexity index is 1510. The maximum atomic E-state index is 13.5. The molecule has 4 aromatic rings. The minimum absolute atomic E-state index is 0.126. The number of nitrogens with one attached hydrogen (secondary N) is 2. The molecule has 2 amide bonds. The van der Waals surface area contributed by atoms with Crippen molar-refractivity contribution in [3.8, 4) is 0 Å². The van der Waals surface area contributed by atoms with Gasteiger partial charge in [-0.3, -0.25) is 0 Å². The zero-order chi connectivity index (χ0) is 31.3. The molecule has 228 valence electrons. The summed E-state index contributed by atoms with van der Waals surface area (Å²) in [7, 11) is 0. The molecule has 1 unspecified atom stereocenters. The number of hydrogen-bond acceptors (Lipinski definition) is 3. The van der Waals surface area contributed by atoms with Gasteiger partial charge in [-0.1, -0.05) is 0 Å². The second kappa shape index (κ2) is 13.2. The Morgan fingerprint density at radius 2 is 1.30 bits per heavy atom. The fourth-order valence-electron chi connectivity index (χ4n) is 5.56. The molecule has 0 saturated heterocycles. The van der Waals surface area contributed by atoms with Crippen LogP contribution in [0.2, 0.25) is 0 Å². The van der Waals surface area contributed by atoms with E-state index in [1.54, 1.807) is 27.7 Å². The van der Waals surface area contributed by atoms with Crippen LogP contribution in [0.4, 0.5) is 4.79 Å². The number of hydrogen-bond donors (Lipinski definition) is 2. The quantitative estimate of drug-likeness (QED) is 0.170. The van der Waals surface area contributed by atoms with E-state index in [0.29, 0.717) is 6.16 Å². The Kier molecular flexibility index (Phi) is 10.0. The Morgan fingerprint density at radius 3 is 1.84 bits per heavy atom. The Hall–Kier alpha value is -3.21. The van der Waals surface area contributed by atoms with E-state index in [-0.39, 0.29) is 17.9 Å². The molecule has 0 aliphatic heterocycles. The molecule has 0 heterocycles. The van der Waals surface area contributed by atoms with E-state index in [1.807, 2.05) is 12.1 Å². The normalized spacial score (nSPS) is 14.4. The Labute approximate surface area is 264 Å². The van der Waals surface area contributed by atoms with E-state index in [4.69, 9.17) is 4.74 Å². The molecule has 0 spiro atoms. The molecule has 0 aliphatic rings. The van der Waals surface area contributed by atoms with Crippen LogP contribution < -0.4 is 21.2 Å². The SMILES string of the molecule is CC(NC(=O)OC(C)(C)C)C(=O)N[C@H](CP(Br)(Cc1ccc2ccccc2c1)(c1ccccc1)c1ccccc1)C(C)C. The van der Waals surface area contributed by atoms with Gasteiger partial charge in [0.05, 0.1) is 0 Å². The van der Waals surface area contributed by atoms with Crippen molar-refractivity contribution in [3.05, 3.63) is 109 Å². The predicted octanol–water partition coefficient (Wildman–Crippen LogP) is 7.91. The third-order valence-electron chi connectivity index (χ3n) is 7.86. The monoisotopic (exact) mass is 662 g/mol. The van der Waals surface area contributed by atoms with Gasteiger partial charge in [0.2, 0.25) is 0 Å². The number of carbonyl (C=O) groups is 2. The Morgan fingerprint density at radius 1 is 0.767 bits per heavy atom. The van der Waals surface area contributed by atoms with E-state index >= 15 is 0 Å². The van der Waals surface area contributed by atoms with Crippen LogP contribution in [0, 0.1) is 5.92 Å². The van der Waals surface area contributed by atoms with Crippen molar-refractivity contribution in [1.29, 1.82) is 0 Å². The van der Waals surface area contributed by atoms with Gasteiger partial charge in [0.1, 0.15) is 0 Å². The van der Waals surface area contributed by atoms with Crippen molar-refractivity contribution in [2.75, 3.05) is 6.16 Å². The van der Waals surface area contributed by atoms with Crippen LogP contribution in [-0.4, -0.2) is 35.8 Å². The van der Waals surface area contributed by atoms with Crippen molar-refractivity contribution in [2.24, 2.45) is 5.92 Å². The van der Waals surface area contributed by atoms with Crippen molar-refractivity contribution < 1.29 is 14.3 Å². The number of halogens is 1. The maximum absolute atomic E-state index is 13.5. The summed E-state index contributed by atoms with van der Waals surface area (Å²) in [5, 5.41) is 7.67. The number of carbonyl (C=O) groups excluding carboxylic acids is 2. The molecule has 4 rings (SSSR count). The van der Waals surface area contributed by atoms with Gasteiger partial charge < -0.3 is 0 Å². The van der Waals surface area contributed by atoms with Crippen molar-refractivity contribution in [1.82, 2.24) is 10.6 Å². The molecule has 7 heteroatoms. The third-order valence-corrected chi connectivity index (χ3v) is 17.1. The van der Waals surface area contributed by atoms with E-state index in [9.17, 15) is 9.59 Å². The summed E-state index contributed by atoms with van der Waals surface area (Å²) in [5.74, 6) is -0.116. The molecule has 0 aromatic heterocycles. The van der Waals surface area contributed by atoms with E-state index < -0.39 is 23.0 Å². The minimum atomic E-state index is -3.21. The van der Waals surface area contributed by atoms with Crippen molar-refractivity contribution in [3.63, 3.8) is 0 Å². The molecule has 43 heavy (non-hydrogen) atoms. The topological polar surface area (TPSA) is 67.4 Å². The van der Waals surface area contributed by atoms with Crippen molar-refractivity contribution >= 4 is 54.2 Å². The number of benzene rings is 4. The summed E-state index contributed by atoms with van der Waals surface area (Å²) in [6.07, 6.45) is 0.853. The number of rotatable bonds is 10. The fraction of sp³-hybridized carbons (Fsp3) is 0.333. The average molecular weight is 664 g/mol. The van der Waals surface area contributed by atoms with Crippen LogP contribution in [0.3, 0.4) is 0 Å². The van der Waals surface area contributed by atoms with Gasteiger partial charge in [0, 0.05) is 0 Å². The molecule has 0 saturated carbocycles. The molecule has 2 atom stereocenters. The molecule has 0 bridgehead atoms. The molecule has 5 nitrogen and oxygen atoms in total. The molecule has 2 N–H and O–H groups in total. The van der Waals surface area contributed by atoms with E-state index in [1.165, 1.54) is 26.9 Å². The van der Waals surface area contributed by atoms with Crippen LogP contribution in [0.15, 0.2) is 103 Å². The van der Waals surface area contributed by atoms with Gasteiger partial charge in [0.15, 0.2) is 0 Å². The second-order valence-electron chi connectivity index (χ2n) is 12.8. The summed E-state index contributed by atoms with van der Waals surface area (Å²) < 4.78 is 5.39. The first-order chi connectivity index (χ1) is 20.3. The van der Waals surface area contributed by atoms with Gasteiger partial charge in [-0.2, -0.15) is 0 Å². The van der Waals surface area contributed by atoms with Crippen molar-refractivity contribution in [2.45, 2.75) is 65.4 Å². The molecule has 0 fully saturated rings. The summed E-state index contributed by atoms with van der Waals surface area (Å²) in [5.41, 5.74) is 0.581. The first-order valence-electron chi connectivity index (χ1n) is 14.9. The molecule has 0 aliphatic carbocycles. The standard InChI is InChI=1S/C36H44BrN2O3P/c1-26(2)33(39-34(40)27(3)38-35(41)42-36(4,5)6)25-43(37,31-17-9-7-10-18-31,32-19-11-8-12-20-32)24-28-21-22-29-15-13-14-16-30(29)23-28/h7-23,26-27,33H,24-25H2,1-6H3,(H,38,41)(H,39,40)/t27?,33-/m1/s1. The fourth-order valence-corrected chi connectivity index (χ4v) is 14.0. The molecular weight excluding hydrogens is 619 g/mol. The molecule has 0 radical (unpaired) electrons. The number of alkyl carbamates (subject to hydrolysis) is 1. The zero-order valence-corrected chi connectivity index (χ0v) is 28.5. The predicted molar refractivity (Wildman–Crippen MR) is 186 cm³/mol. The van der Waals surface area contributed by atoms with Gasteiger partial charge >= 0.3 is 265 Å². The third kappa shape index (κ3) is 7.85. The van der Waals surface area contributed by atoms with Gasteiger partial charge in [-0.15, -0.1) is 0 Å². The molecule has 4 aromatic carbocycles.